The zero-order chi connectivity index (χ0) is 12.1. The standard InChI is InChI=1S/C9H10Cl2N2O2S/c1-3-15-8(14)5(2)16-9-12-6(10)4-7(11)13-9/h4-5H,3H2,1-2H3. The minimum absolute atomic E-state index is 0.249. The van der Waals surface area contributed by atoms with Gasteiger partial charge < -0.3 is 4.74 Å². The molecule has 0 spiro atoms. The first-order valence-corrected chi connectivity index (χ1v) is 6.20. The van der Waals surface area contributed by atoms with Gasteiger partial charge >= 0.3 is 5.97 Å². The second-order valence-corrected chi connectivity index (χ2v) is 4.89. The number of halogens is 2. The van der Waals surface area contributed by atoms with Crippen LogP contribution in [0.1, 0.15) is 13.8 Å². The van der Waals surface area contributed by atoms with Crippen LogP contribution in [-0.2, 0) is 9.53 Å². The quantitative estimate of drug-likeness (QED) is 0.367. The molecule has 0 aromatic carbocycles. The maximum Gasteiger partial charge on any atom is 0.319 e. The molecule has 1 unspecified atom stereocenters. The van der Waals surface area contributed by atoms with Gasteiger partial charge in [0.05, 0.1) is 6.61 Å². The van der Waals surface area contributed by atoms with Crippen LogP contribution in [0.4, 0.5) is 0 Å². The zero-order valence-corrected chi connectivity index (χ0v) is 11.1. The summed E-state index contributed by atoms with van der Waals surface area (Å²) >= 11 is 12.6. The van der Waals surface area contributed by atoms with Gasteiger partial charge in [-0.25, -0.2) is 9.97 Å². The van der Waals surface area contributed by atoms with E-state index in [1.54, 1.807) is 13.8 Å². The maximum atomic E-state index is 11.4. The number of thioether (sulfide) groups is 1. The van der Waals surface area contributed by atoms with Crippen molar-refractivity contribution in [1.82, 2.24) is 9.97 Å². The van der Waals surface area contributed by atoms with Gasteiger partial charge in [0.25, 0.3) is 0 Å². The van der Waals surface area contributed by atoms with E-state index in [0.29, 0.717) is 11.8 Å². The van der Waals surface area contributed by atoms with E-state index in [-0.39, 0.29) is 16.3 Å². The van der Waals surface area contributed by atoms with Crippen molar-refractivity contribution in [3.63, 3.8) is 0 Å². The molecule has 1 atom stereocenters. The van der Waals surface area contributed by atoms with Crippen LogP contribution in [0.3, 0.4) is 0 Å². The highest BCUT2D eigenvalue weighted by Gasteiger charge is 2.17. The van der Waals surface area contributed by atoms with E-state index in [9.17, 15) is 4.79 Å². The normalized spacial score (nSPS) is 12.2. The van der Waals surface area contributed by atoms with Crippen molar-refractivity contribution < 1.29 is 9.53 Å². The van der Waals surface area contributed by atoms with E-state index in [0.717, 1.165) is 11.8 Å². The Balaban J connectivity index is 2.69. The molecule has 0 saturated carbocycles. The van der Waals surface area contributed by atoms with Crippen LogP contribution in [0.25, 0.3) is 0 Å². The number of carbonyl (C=O) groups is 1. The Morgan fingerprint density at radius 1 is 1.50 bits per heavy atom. The summed E-state index contributed by atoms with van der Waals surface area (Å²) in [6.45, 7) is 3.81. The molecule has 0 saturated heterocycles. The van der Waals surface area contributed by atoms with Crippen LogP contribution in [0.15, 0.2) is 11.2 Å². The summed E-state index contributed by atoms with van der Waals surface area (Å²) in [6, 6.07) is 1.43. The van der Waals surface area contributed by atoms with Crippen LogP contribution in [0.2, 0.25) is 10.3 Å². The molecule has 1 aromatic heterocycles. The minimum Gasteiger partial charge on any atom is -0.465 e. The number of esters is 1. The number of carbonyl (C=O) groups excluding carboxylic acids is 1. The second kappa shape index (κ2) is 6.27. The van der Waals surface area contributed by atoms with Gasteiger partial charge in [-0.1, -0.05) is 35.0 Å². The van der Waals surface area contributed by atoms with E-state index in [1.807, 2.05) is 0 Å². The van der Waals surface area contributed by atoms with Crippen LogP contribution in [0.5, 0.6) is 0 Å². The molecule has 0 radical (unpaired) electrons. The maximum absolute atomic E-state index is 11.4. The summed E-state index contributed by atoms with van der Waals surface area (Å²) in [5, 5.41) is 0.463. The predicted octanol–water partition coefficient (Wildman–Crippen LogP) is 2.83. The molecule has 1 rings (SSSR count). The molecule has 0 fully saturated rings. The van der Waals surface area contributed by atoms with Crippen molar-refractivity contribution >= 4 is 40.9 Å². The summed E-state index contributed by atoms with van der Waals surface area (Å²) in [5.74, 6) is -0.313. The molecule has 88 valence electrons. The molecule has 4 nitrogen and oxygen atoms in total. The third-order valence-electron chi connectivity index (χ3n) is 1.54. The van der Waals surface area contributed by atoms with E-state index in [4.69, 9.17) is 27.9 Å². The monoisotopic (exact) mass is 280 g/mol. The van der Waals surface area contributed by atoms with Gasteiger partial charge in [-0.05, 0) is 13.8 Å². The lowest BCUT2D eigenvalue weighted by Gasteiger charge is -2.08. The number of hydrogen-bond donors (Lipinski definition) is 0. The van der Waals surface area contributed by atoms with Crippen molar-refractivity contribution in [3.8, 4) is 0 Å². The highest BCUT2D eigenvalue weighted by Crippen LogP contribution is 2.23. The number of rotatable bonds is 4. The molecule has 0 aliphatic carbocycles. The molecule has 7 heteroatoms. The SMILES string of the molecule is CCOC(=O)C(C)Sc1nc(Cl)cc(Cl)n1. The Hall–Kier alpha value is -0.520. The zero-order valence-electron chi connectivity index (χ0n) is 8.74. The first-order chi connectivity index (χ1) is 7.52. The average Bonchev–Trinajstić information content (AvgIpc) is 2.16. The highest BCUT2D eigenvalue weighted by molar-refractivity contribution is 8.00. The van der Waals surface area contributed by atoms with Crippen molar-refractivity contribution in [2.24, 2.45) is 0 Å². The van der Waals surface area contributed by atoms with Gasteiger partial charge in [0.15, 0.2) is 5.16 Å². The Labute approximate surface area is 108 Å². The number of aromatic nitrogens is 2. The smallest absolute Gasteiger partial charge is 0.319 e. The molecular weight excluding hydrogens is 271 g/mol. The van der Waals surface area contributed by atoms with Crippen molar-refractivity contribution in [2.75, 3.05) is 6.61 Å². The van der Waals surface area contributed by atoms with Crippen LogP contribution in [0, 0.1) is 0 Å². The van der Waals surface area contributed by atoms with Crippen LogP contribution in [-0.4, -0.2) is 27.8 Å². The van der Waals surface area contributed by atoms with Crippen molar-refractivity contribution in [1.29, 1.82) is 0 Å². The Kier molecular flexibility index (Phi) is 5.31. The average molecular weight is 281 g/mol. The van der Waals surface area contributed by atoms with Crippen LogP contribution < -0.4 is 0 Å². The molecule has 0 aliphatic heterocycles. The third kappa shape index (κ3) is 4.15. The van der Waals surface area contributed by atoms with E-state index in [2.05, 4.69) is 9.97 Å². The van der Waals surface area contributed by atoms with Gasteiger partial charge in [0, 0.05) is 6.07 Å². The lowest BCUT2D eigenvalue weighted by molar-refractivity contribution is -0.142. The molecule has 16 heavy (non-hydrogen) atoms. The Morgan fingerprint density at radius 2 is 2.06 bits per heavy atom. The molecule has 1 heterocycles. The van der Waals surface area contributed by atoms with Crippen molar-refractivity contribution in [2.45, 2.75) is 24.3 Å². The molecule has 0 aliphatic rings. The molecule has 0 N–H and O–H groups in total. The lowest BCUT2D eigenvalue weighted by Crippen LogP contribution is -2.17. The highest BCUT2D eigenvalue weighted by atomic mass is 35.5. The Morgan fingerprint density at radius 3 is 2.56 bits per heavy atom. The largest absolute Gasteiger partial charge is 0.465 e. The third-order valence-corrected chi connectivity index (χ3v) is 2.87. The fourth-order valence-electron chi connectivity index (χ4n) is 0.889. The van der Waals surface area contributed by atoms with Gasteiger partial charge in [-0.2, -0.15) is 0 Å². The second-order valence-electron chi connectivity index (χ2n) is 2.81. The fraction of sp³-hybridized carbons (Fsp3) is 0.444. The molecule has 0 bridgehead atoms. The number of hydrogen-bond acceptors (Lipinski definition) is 5. The molecular formula is C9H10Cl2N2O2S. The van der Waals surface area contributed by atoms with Crippen LogP contribution >= 0.6 is 35.0 Å². The van der Waals surface area contributed by atoms with Gasteiger partial charge in [-0.3, -0.25) is 4.79 Å². The minimum atomic E-state index is -0.394. The van der Waals surface area contributed by atoms with Gasteiger partial charge in [0.2, 0.25) is 0 Å². The lowest BCUT2D eigenvalue weighted by atomic mass is 10.5. The van der Waals surface area contributed by atoms with E-state index < -0.39 is 5.25 Å². The summed E-state index contributed by atoms with van der Waals surface area (Å²) in [7, 11) is 0. The topological polar surface area (TPSA) is 52.1 Å². The van der Waals surface area contributed by atoms with Gasteiger partial charge in [-0.15, -0.1) is 0 Å². The summed E-state index contributed by atoms with van der Waals surface area (Å²) in [5.41, 5.74) is 0. The van der Waals surface area contributed by atoms with E-state index in [1.165, 1.54) is 6.07 Å². The van der Waals surface area contributed by atoms with E-state index >= 15 is 0 Å². The summed E-state index contributed by atoms with van der Waals surface area (Å²) in [4.78, 5) is 19.2. The molecule has 0 amide bonds. The summed E-state index contributed by atoms with van der Waals surface area (Å²) in [6.07, 6.45) is 0. The number of nitrogens with zero attached hydrogens (tertiary/aromatic N) is 2. The van der Waals surface area contributed by atoms with Gasteiger partial charge in [0.1, 0.15) is 15.6 Å². The fourth-order valence-corrected chi connectivity index (χ4v) is 2.19. The Bertz CT molecular complexity index is 370. The first kappa shape index (κ1) is 13.5. The number of ether oxygens (including phenoxy) is 1. The van der Waals surface area contributed by atoms with Crippen molar-refractivity contribution in [3.05, 3.63) is 16.4 Å². The predicted molar refractivity (Wildman–Crippen MR) is 64.0 cm³/mol. The summed E-state index contributed by atoms with van der Waals surface area (Å²) < 4.78 is 4.86. The molecule has 1 aromatic rings. The first-order valence-electron chi connectivity index (χ1n) is 4.56.